The summed E-state index contributed by atoms with van der Waals surface area (Å²) in [6, 6.07) is 9.25. The number of aromatic nitrogens is 6. The van der Waals surface area contributed by atoms with E-state index in [9.17, 15) is 4.79 Å². The summed E-state index contributed by atoms with van der Waals surface area (Å²) in [5.74, 6) is 2.27. The number of hydrogen-bond acceptors (Lipinski definition) is 7. The van der Waals surface area contributed by atoms with Crippen molar-refractivity contribution < 1.29 is 4.79 Å². The van der Waals surface area contributed by atoms with Gasteiger partial charge in [0.15, 0.2) is 11.6 Å². The molecule has 1 saturated heterocycles. The molecule has 3 N–H and O–H groups in total. The van der Waals surface area contributed by atoms with E-state index >= 15 is 0 Å². The quantitative estimate of drug-likeness (QED) is 0.358. The Labute approximate surface area is 200 Å². The second kappa shape index (κ2) is 7.98. The number of fused-ring (bicyclic) bond motifs is 1. The second-order valence-corrected chi connectivity index (χ2v) is 9.44. The minimum absolute atomic E-state index is 0.139. The smallest absolute Gasteiger partial charge is 0.250 e. The fourth-order valence-corrected chi connectivity index (χ4v) is 4.69. The van der Waals surface area contributed by atoms with E-state index in [1.165, 1.54) is 12.8 Å². The summed E-state index contributed by atoms with van der Waals surface area (Å²) < 4.78 is 1.78. The molecule has 1 atom stereocenters. The molecule has 0 spiro atoms. The van der Waals surface area contributed by atoms with Crippen LogP contribution in [0.2, 0.25) is 5.15 Å². The first kappa shape index (κ1) is 20.9. The maximum absolute atomic E-state index is 13.4. The Bertz CT molecular complexity index is 1380. The van der Waals surface area contributed by atoms with Crippen LogP contribution in [0.3, 0.4) is 0 Å². The second-order valence-electron chi connectivity index (χ2n) is 9.06. The van der Waals surface area contributed by atoms with Gasteiger partial charge in [-0.15, -0.1) is 5.10 Å². The fourth-order valence-electron chi connectivity index (χ4n) is 4.52. The van der Waals surface area contributed by atoms with Crippen molar-refractivity contribution >= 4 is 46.3 Å². The Morgan fingerprint density at radius 1 is 1.29 bits per heavy atom. The Hall–Kier alpha value is -3.66. The predicted octanol–water partition coefficient (Wildman–Crippen LogP) is 4.12. The molecular formula is C23H24ClN9O. The van der Waals surface area contributed by atoms with Crippen LogP contribution in [0.25, 0.3) is 5.52 Å². The molecule has 0 radical (unpaired) electrons. The summed E-state index contributed by atoms with van der Waals surface area (Å²) in [6.45, 7) is 2.59. The van der Waals surface area contributed by atoms with Crippen LogP contribution in [0.4, 0.5) is 23.3 Å². The molecule has 1 aliphatic heterocycles. The zero-order chi connectivity index (χ0) is 23.3. The van der Waals surface area contributed by atoms with E-state index < -0.39 is 5.54 Å². The highest BCUT2D eigenvalue weighted by molar-refractivity contribution is 6.29. The number of pyridine rings is 1. The van der Waals surface area contributed by atoms with Gasteiger partial charge in [-0.3, -0.25) is 9.89 Å². The van der Waals surface area contributed by atoms with Gasteiger partial charge in [-0.25, -0.2) is 9.50 Å². The van der Waals surface area contributed by atoms with Gasteiger partial charge in [0.2, 0.25) is 11.9 Å². The van der Waals surface area contributed by atoms with Gasteiger partial charge >= 0.3 is 0 Å². The molecule has 11 heteroatoms. The van der Waals surface area contributed by atoms with E-state index in [1.807, 2.05) is 36.2 Å². The first-order valence-corrected chi connectivity index (χ1v) is 11.8. The van der Waals surface area contributed by atoms with Crippen molar-refractivity contribution in [2.75, 3.05) is 22.1 Å². The van der Waals surface area contributed by atoms with Crippen LogP contribution < -0.4 is 15.5 Å². The molecule has 5 heterocycles. The molecular weight excluding hydrogens is 454 g/mol. The third-order valence-electron chi connectivity index (χ3n) is 6.60. The lowest BCUT2D eigenvalue weighted by molar-refractivity contribution is -0.120. The minimum Gasteiger partial charge on any atom is -0.325 e. The highest BCUT2D eigenvalue weighted by Gasteiger charge is 2.45. The number of aromatic amines is 1. The number of halogens is 1. The van der Waals surface area contributed by atoms with Crippen LogP contribution in [-0.2, 0) is 4.79 Å². The number of H-pyrrole nitrogens is 1. The van der Waals surface area contributed by atoms with Gasteiger partial charge in [0, 0.05) is 42.3 Å². The molecule has 1 amide bonds. The van der Waals surface area contributed by atoms with Crippen molar-refractivity contribution in [1.29, 1.82) is 0 Å². The maximum Gasteiger partial charge on any atom is 0.250 e. The van der Waals surface area contributed by atoms with E-state index in [-0.39, 0.29) is 5.91 Å². The van der Waals surface area contributed by atoms with Crippen molar-refractivity contribution in [3.63, 3.8) is 0 Å². The van der Waals surface area contributed by atoms with E-state index in [1.54, 1.807) is 22.8 Å². The molecule has 4 aromatic heterocycles. The molecule has 4 aromatic rings. The number of hydrogen-bond donors (Lipinski definition) is 3. The summed E-state index contributed by atoms with van der Waals surface area (Å²) in [7, 11) is 0. The number of carbonyl (C=O) groups excluding carboxylic acids is 1. The van der Waals surface area contributed by atoms with Gasteiger partial charge < -0.3 is 15.5 Å². The molecule has 0 unspecified atom stereocenters. The average molecular weight is 478 g/mol. The summed E-state index contributed by atoms with van der Waals surface area (Å²) >= 11 is 5.99. The van der Waals surface area contributed by atoms with Crippen molar-refractivity contribution in [1.82, 2.24) is 29.8 Å². The standard InChI is InChI=1S/C23H24ClN9O/c1-23(21(34)26-15-7-9-25-18(24)12-15)8-3-10-32(23)22-28-20(17-4-2-11-33(17)31-22)27-19-13-16(29-30-19)14-5-6-14/h2,4,7,9,11-14H,3,5-6,8,10H2,1H3,(H,25,26,34)(H2,27,28,29,30,31)/t23-/m0/s1. The Morgan fingerprint density at radius 3 is 3.00 bits per heavy atom. The van der Waals surface area contributed by atoms with Gasteiger partial charge in [0.05, 0.1) is 0 Å². The van der Waals surface area contributed by atoms with Gasteiger partial charge in [0.25, 0.3) is 0 Å². The van der Waals surface area contributed by atoms with Crippen molar-refractivity contribution in [2.45, 2.75) is 44.1 Å². The van der Waals surface area contributed by atoms with Crippen LogP contribution in [0.1, 0.15) is 44.2 Å². The first-order chi connectivity index (χ1) is 16.5. The van der Waals surface area contributed by atoms with E-state index in [0.29, 0.717) is 47.3 Å². The largest absolute Gasteiger partial charge is 0.325 e. The molecule has 0 bridgehead atoms. The van der Waals surface area contributed by atoms with Crippen LogP contribution in [0, 0.1) is 0 Å². The zero-order valence-corrected chi connectivity index (χ0v) is 19.4. The molecule has 10 nitrogen and oxygen atoms in total. The van der Waals surface area contributed by atoms with Gasteiger partial charge in [0.1, 0.15) is 16.2 Å². The number of carbonyl (C=O) groups is 1. The lowest BCUT2D eigenvalue weighted by Gasteiger charge is -2.34. The predicted molar refractivity (Wildman–Crippen MR) is 130 cm³/mol. The third kappa shape index (κ3) is 3.73. The average Bonchev–Trinajstić information content (AvgIpc) is 3.19. The molecule has 6 rings (SSSR count). The normalized spacial score (nSPS) is 20.1. The minimum atomic E-state index is -0.820. The number of anilines is 4. The molecule has 0 aromatic carbocycles. The number of amides is 1. The number of rotatable bonds is 6. The fraction of sp³-hybridized carbons (Fsp3) is 0.348. The van der Waals surface area contributed by atoms with Crippen molar-refractivity contribution in [3.8, 4) is 0 Å². The molecule has 1 aliphatic carbocycles. The molecule has 2 aliphatic rings. The lowest BCUT2D eigenvalue weighted by atomic mass is 9.97. The van der Waals surface area contributed by atoms with Crippen molar-refractivity contribution in [2.24, 2.45) is 0 Å². The van der Waals surface area contributed by atoms with Crippen LogP contribution in [-0.4, -0.2) is 47.8 Å². The molecule has 34 heavy (non-hydrogen) atoms. The topological polar surface area (TPSA) is 116 Å². The summed E-state index contributed by atoms with van der Waals surface area (Å²) in [6.07, 6.45) is 7.36. The van der Waals surface area contributed by atoms with E-state index in [0.717, 1.165) is 17.6 Å². The summed E-state index contributed by atoms with van der Waals surface area (Å²) in [4.78, 5) is 24.2. The van der Waals surface area contributed by atoms with Crippen molar-refractivity contribution in [3.05, 3.63) is 53.6 Å². The van der Waals surface area contributed by atoms with E-state index in [4.69, 9.17) is 21.7 Å². The number of nitrogens with zero attached hydrogens (tertiary/aromatic N) is 6. The Morgan fingerprint density at radius 2 is 2.18 bits per heavy atom. The summed E-state index contributed by atoms with van der Waals surface area (Å²) in [5, 5.41) is 18.9. The third-order valence-corrected chi connectivity index (χ3v) is 6.80. The lowest BCUT2D eigenvalue weighted by Crippen LogP contribution is -2.51. The SMILES string of the molecule is C[C@@]1(C(=O)Nc2ccnc(Cl)c2)CCCN1c1nc(Nc2cc(C3CC3)[nH]n2)c2cccn2n1. The van der Waals surface area contributed by atoms with Gasteiger partial charge in [-0.2, -0.15) is 10.1 Å². The van der Waals surface area contributed by atoms with Gasteiger partial charge in [-0.05, 0) is 56.9 Å². The number of nitrogens with one attached hydrogen (secondary N) is 3. The van der Waals surface area contributed by atoms with Gasteiger partial charge in [-0.1, -0.05) is 11.6 Å². The molecule has 174 valence electrons. The highest BCUT2D eigenvalue weighted by atomic mass is 35.5. The van der Waals surface area contributed by atoms with Crippen LogP contribution >= 0.6 is 11.6 Å². The summed E-state index contributed by atoms with van der Waals surface area (Å²) in [5.41, 5.74) is 1.76. The molecule has 1 saturated carbocycles. The zero-order valence-electron chi connectivity index (χ0n) is 18.6. The Balaban J connectivity index is 1.31. The van der Waals surface area contributed by atoms with Crippen LogP contribution in [0.15, 0.2) is 42.7 Å². The molecule has 2 fully saturated rings. The van der Waals surface area contributed by atoms with E-state index in [2.05, 4.69) is 25.8 Å². The monoisotopic (exact) mass is 477 g/mol. The highest BCUT2D eigenvalue weighted by Crippen LogP contribution is 2.40. The van der Waals surface area contributed by atoms with Crippen LogP contribution in [0.5, 0.6) is 0 Å². The maximum atomic E-state index is 13.4. The Kier molecular flexibility index (Phi) is 4.91. The first-order valence-electron chi connectivity index (χ1n) is 11.4.